The van der Waals surface area contributed by atoms with Crippen molar-refractivity contribution in [2.75, 3.05) is 40.6 Å². The van der Waals surface area contributed by atoms with Crippen LogP contribution in [-0.2, 0) is 22.7 Å². The van der Waals surface area contributed by atoms with E-state index in [4.69, 9.17) is 18.9 Å². The number of nitrogens with zero attached hydrogens (tertiary/aromatic N) is 3. The highest BCUT2D eigenvalue weighted by molar-refractivity contribution is 5.81. The van der Waals surface area contributed by atoms with Crippen LogP contribution in [0.5, 0.6) is 23.5 Å². The van der Waals surface area contributed by atoms with Gasteiger partial charge in [-0.3, -0.25) is 0 Å². The van der Waals surface area contributed by atoms with E-state index >= 15 is 0 Å². The molecule has 0 saturated heterocycles. The number of pyridine rings is 2. The Labute approximate surface area is 254 Å². The van der Waals surface area contributed by atoms with Crippen molar-refractivity contribution in [3.8, 4) is 23.5 Å². The molecule has 0 spiro atoms. The molecule has 0 unspecified atom stereocenters. The van der Waals surface area contributed by atoms with Gasteiger partial charge in [-0.15, -0.1) is 0 Å². The zero-order valence-corrected chi connectivity index (χ0v) is 26.4. The van der Waals surface area contributed by atoms with Gasteiger partial charge in [0, 0.05) is 68.6 Å². The number of rotatable bonds is 20. The molecule has 0 atom stereocenters. The van der Waals surface area contributed by atoms with E-state index in [1.165, 1.54) is 0 Å². The third-order valence-corrected chi connectivity index (χ3v) is 7.19. The monoisotopic (exact) mass is 596 g/mol. The zero-order chi connectivity index (χ0) is 31.2. The third kappa shape index (κ3) is 10.7. The van der Waals surface area contributed by atoms with Crippen LogP contribution in [0.25, 0.3) is 0 Å². The maximum Gasteiger partial charge on any atom is 0.293 e. The van der Waals surface area contributed by atoms with Crippen LogP contribution in [0.2, 0.25) is 0 Å². The van der Waals surface area contributed by atoms with Crippen LogP contribution in [-0.4, -0.2) is 72.5 Å². The molecule has 3 rings (SSSR count). The third-order valence-electron chi connectivity index (χ3n) is 7.19. The lowest BCUT2D eigenvalue weighted by Crippen LogP contribution is -2.19. The van der Waals surface area contributed by atoms with Gasteiger partial charge in [0.05, 0.1) is 20.6 Å². The van der Waals surface area contributed by atoms with Crippen molar-refractivity contribution in [1.29, 1.82) is 0 Å². The highest BCUT2D eigenvalue weighted by Crippen LogP contribution is 2.25. The molecular weight excluding hydrogens is 550 g/mol. The molecule has 2 aromatic heterocycles. The van der Waals surface area contributed by atoms with Crippen molar-refractivity contribution in [1.82, 2.24) is 20.6 Å². The minimum atomic E-state index is 0.198. The Bertz CT molecular complexity index is 1320. The second kappa shape index (κ2) is 17.3. The maximum atomic E-state index is 11.1. The summed E-state index contributed by atoms with van der Waals surface area (Å²) in [5.41, 5.74) is 5.24. The molecular formula is C32H46N5O6+. The summed E-state index contributed by atoms with van der Waals surface area (Å²) in [6, 6.07) is 7.58. The van der Waals surface area contributed by atoms with Gasteiger partial charge in [-0.1, -0.05) is 0 Å². The molecule has 11 nitrogen and oxygen atoms in total. The standard InChI is InChI=1S/C32H46N5O6/c1-22-17-28(20-42-29-13-11-26(31(35-29)40-5)18-33-15-7-9-23(2)38)25(4)37(22)21-43-30-14-12-27(32(36-30)41-6)19-34-16-8-10-24(3)39/h11-14,33-34H,7-10,15-21H2,1-6H3/q+1. The van der Waals surface area contributed by atoms with Gasteiger partial charge in [0.1, 0.15) is 18.2 Å². The van der Waals surface area contributed by atoms with Gasteiger partial charge in [0.25, 0.3) is 6.73 Å². The highest BCUT2D eigenvalue weighted by Gasteiger charge is 2.28. The van der Waals surface area contributed by atoms with Crippen LogP contribution >= 0.6 is 0 Å². The molecule has 0 fully saturated rings. The molecule has 3 heterocycles. The van der Waals surface area contributed by atoms with Crippen molar-refractivity contribution < 1.29 is 33.1 Å². The second-order valence-electron chi connectivity index (χ2n) is 10.7. The highest BCUT2D eigenvalue weighted by atomic mass is 16.5. The Kier molecular flexibility index (Phi) is 13.6. The second-order valence-corrected chi connectivity index (χ2v) is 10.7. The van der Waals surface area contributed by atoms with Gasteiger partial charge in [-0.2, -0.15) is 14.5 Å². The first kappa shape index (κ1) is 33.7. The Balaban J connectivity index is 1.52. The summed E-state index contributed by atoms with van der Waals surface area (Å²) in [7, 11) is 3.19. The van der Waals surface area contributed by atoms with Crippen molar-refractivity contribution in [2.45, 2.75) is 72.9 Å². The Morgan fingerprint density at radius 2 is 1.33 bits per heavy atom. The first-order chi connectivity index (χ1) is 20.7. The lowest BCUT2D eigenvalue weighted by Gasteiger charge is -2.12. The number of hydrogen-bond acceptors (Lipinski definition) is 10. The molecule has 1 aliphatic rings. The molecule has 11 heteroatoms. The minimum absolute atomic E-state index is 0.198. The van der Waals surface area contributed by atoms with Crippen molar-refractivity contribution in [2.24, 2.45) is 0 Å². The van der Waals surface area contributed by atoms with Gasteiger partial charge >= 0.3 is 0 Å². The van der Waals surface area contributed by atoms with Crippen molar-refractivity contribution in [3.63, 3.8) is 0 Å². The average molecular weight is 597 g/mol. The lowest BCUT2D eigenvalue weighted by atomic mass is 10.1. The van der Waals surface area contributed by atoms with E-state index in [2.05, 4.69) is 39.0 Å². The first-order valence-corrected chi connectivity index (χ1v) is 14.7. The van der Waals surface area contributed by atoms with Crippen LogP contribution in [0.4, 0.5) is 0 Å². The summed E-state index contributed by atoms with van der Waals surface area (Å²) in [5, 5.41) is 6.65. The number of aromatic nitrogens is 2. The minimum Gasteiger partial charge on any atom is -0.481 e. The summed E-state index contributed by atoms with van der Waals surface area (Å²) in [6.07, 6.45) is 3.54. The van der Waals surface area contributed by atoms with Gasteiger partial charge < -0.3 is 39.2 Å². The van der Waals surface area contributed by atoms with E-state index in [9.17, 15) is 9.59 Å². The molecule has 0 aromatic carbocycles. The summed E-state index contributed by atoms with van der Waals surface area (Å²) in [6.45, 7) is 10.8. The number of Topliss-reactive ketones (excluding diaryl/α,β-unsaturated/α-hetero) is 2. The molecule has 234 valence electrons. The van der Waals surface area contributed by atoms with E-state index < -0.39 is 0 Å². The number of nitrogens with one attached hydrogen (secondary N) is 2. The number of ether oxygens (including phenoxy) is 4. The van der Waals surface area contributed by atoms with Crippen LogP contribution in [0.15, 0.2) is 35.5 Å². The molecule has 0 bridgehead atoms. The Morgan fingerprint density at radius 3 is 1.81 bits per heavy atom. The fraction of sp³-hybridized carbons (Fsp3) is 0.531. The van der Waals surface area contributed by atoms with Crippen LogP contribution in [0.3, 0.4) is 0 Å². The number of methoxy groups -OCH3 is 2. The molecule has 0 saturated carbocycles. The van der Waals surface area contributed by atoms with Crippen molar-refractivity contribution in [3.05, 3.63) is 46.7 Å². The molecule has 0 amide bonds. The molecule has 0 radical (unpaired) electrons. The number of carbonyl (C=O) groups is 2. The predicted octanol–water partition coefficient (Wildman–Crippen LogP) is 3.98. The van der Waals surface area contributed by atoms with E-state index in [1.54, 1.807) is 28.1 Å². The Morgan fingerprint density at radius 1 is 0.814 bits per heavy atom. The number of allylic oxidation sites excluding steroid dienone is 1. The average Bonchev–Trinajstić information content (AvgIpc) is 3.26. The molecule has 2 aromatic rings. The lowest BCUT2D eigenvalue weighted by molar-refractivity contribution is -0.509. The fourth-order valence-corrected chi connectivity index (χ4v) is 4.72. The summed E-state index contributed by atoms with van der Waals surface area (Å²) >= 11 is 0. The van der Waals surface area contributed by atoms with E-state index in [1.807, 2.05) is 24.3 Å². The number of carbonyl (C=O) groups excluding carboxylic acids is 2. The summed E-state index contributed by atoms with van der Waals surface area (Å²) in [4.78, 5) is 31.3. The molecule has 43 heavy (non-hydrogen) atoms. The molecule has 0 aliphatic carbocycles. The summed E-state index contributed by atoms with van der Waals surface area (Å²) < 4.78 is 25.2. The SMILES string of the molecule is COc1nc(OCC2=C(C)[N+](COc3ccc(CNCCCC(C)=O)c(OC)n3)=C(C)C2)ccc1CNCCCC(C)=O. The largest absolute Gasteiger partial charge is 0.481 e. The first-order valence-electron chi connectivity index (χ1n) is 14.7. The van der Waals surface area contributed by atoms with Crippen LogP contribution < -0.4 is 29.6 Å². The smallest absolute Gasteiger partial charge is 0.293 e. The number of hydrogen-bond donors (Lipinski definition) is 2. The van der Waals surface area contributed by atoms with Gasteiger partial charge in [-0.05, 0) is 51.9 Å². The number of ketones is 2. The van der Waals surface area contributed by atoms with Gasteiger partial charge in [0.2, 0.25) is 23.5 Å². The zero-order valence-electron chi connectivity index (χ0n) is 26.4. The molecule has 2 N–H and O–H groups in total. The van der Waals surface area contributed by atoms with Gasteiger partial charge in [-0.25, -0.2) is 0 Å². The fourth-order valence-electron chi connectivity index (χ4n) is 4.72. The van der Waals surface area contributed by atoms with Crippen LogP contribution in [0, 0.1) is 0 Å². The van der Waals surface area contributed by atoms with E-state index in [0.717, 1.165) is 60.5 Å². The topological polar surface area (TPSA) is 124 Å². The van der Waals surface area contributed by atoms with Crippen molar-refractivity contribution >= 4 is 17.3 Å². The van der Waals surface area contributed by atoms with E-state index in [0.29, 0.717) is 62.8 Å². The maximum absolute atomic E-state index is 11.1. The van der Waals surface area contributed by atoms with E-state index in [-0.39, 0.29) is 11.6 Å². The summed E-state index contributed by atoms with van der Waals surface area (Å²) in [5.74, 6) is 2.40. The normalized spacial score (nSPS) is 13.0. The molecule has 1 aliphatic heterocycles. The Hall–Kier alpha value is -3.83. The quantitative estimate of drug-likeness (QED) is 0.171. The predicted molar refractivity (Wildman–Crippen MR) is 164 cm³/mol. The van der Waals surface area contributed by atoms with Gasteiger partial charge in [0.15, 0.2) is 11.4 Å². The van der Waals surface area contributed by atoms with Crippen LogP contribution in [0.1, 0.15) is 70.9 Å².